The third kappa shape index (κ3) is 2.98. The van der Waals surface area contributed by atoms with E-state index in [0.29, 0.717) is 12.8 Å². The molecule has 24 heavy (non-hydrogen) atoms. The molecule has 1 atom stereocenters. The number of aliphatic carboxylic acids is 1. The average Bonchev–Trinajstić information content (AvgIpc) is 3.12. The molecule has 6 nitrogen and oxygen atoms in total. The van der Waals surface area contributed by atoms with E-state index in [9.17, 15) is 14.7 Å². The van der Waals surface area contributed by atoms with Crippen molar-refractivity contribution >= 4 is 18.0 Å². The number of furan rings is 1. The highest BCUT2D eigenvalue weighted by atomic mass is 16.4. The van der Waals surface area contributed by atoms with E-state index in [4.69, 9.17) is 4.42 Å². The van der Waals surface area contributed by atoms with Crippen LogP contribution in [0.1, 0.15) is 31.9 Å². The minimum atomic E-state index is -0.852. The monoisotopic (exact) mass is 332 g/mol. The van der Waals surface area contributed by atoms with E-state index < -0.39 is 17.4 Å². The minimum Gasteiger partial charge on any atom is -0.481 e. The summed E-state index contributed by atoms with van der Waals surface area (Å²) in [6.45, 7) is 4.49. The predicted octanol–water partition coefficient (Wildman–Crippen LogP) is 2.08. The smallest absolute Gasteiger partial charge is 0.309 e. The van der Waals surface area contributed by atoms with Gasteiger partial charge in [-0.3, -0.25) is 14.5 Å². The summed E-state index contributed by atoms with van der Waals surface area (Å²) in [5, 5.41) is 9.51. The molecule has 2 saturated heterocycles. The van der Waals surface area contributed by atoms with Crippen molar-refractivity contribution in [3.63, 3.8) is 0 Å². The van der Waals surface area contributed by atoms with Gasteiger partial charge in [0.1, 0.15) is 5.76 Å². The number of nitrogens with zero attached hydrogens (tertiary/aromatic N) is 2. The van der Waals surface area contributed by atoms with Crippen molar-refractivity contribution in [1.29, 1.82) is 0 Å². The number of likely N-dealkylation sites (tertiary alicyclic amines) is 2. The average molecular weight is 332 g/mol. The molecule has 130 valence electrons. The Balaban J connectivity index is 1.64. The Morgan fingerprint density at radius 3 is 2.75 bits per heavy atom. The first-order valence-corrected chi connectivity index (χ1v) is 8.35. The predicted molar refractivity (Wildman–Crippen MR) is 89.3 cm³/mol. The fourth-order valence-corrected chi connectivity index (χ4v) is 4.10. The molecule has 2 aliphatic rings. The molecule has 0 bridgehead atoms. The van der Waals surface area contributed by atoms with Gasteiger partial charge in [-0.2, -0.15) is 0 Å². The van der Waals surface area contributed by atoms with Gasteiger partial charge in [-0.05, 0) is 38.0 Å². The minimum absolute atomic E-state index is 0.0512. The Labute approximate surface area is 141 Å². The van der Waals surface area contributed by atoms with Gasteiger partial charge in [-0.15, -0.1) is 0 Å². The third-order valence-corrected chi connectivity index (χ3v) is 5.49. The van der Waals surface area contributed by atoms with Gasteiger partial charge in [0.25, 0.3) is 0 Å². The van der Waals surface area contributed by atoms with E-state index in [1.807, 2.05) is 18.2 Å². The zero-order valence-corrected chi connectivity index (χ0v) is 14.2. The summed E-state index contributed by atoms with van der Waals surface area (Å²) < 4.78 is 5.33. The summed E-state index contributed by atoms with van der Waals surface area (Å²) in [5.41, 5.74) is 0.685. The van der Waals surface area contributed by atoms with Gasteiger partial charge in [0, 0.05) is 33.1 Å². The van der Waals surface area contributed by atoms with Crippen molar-refractivity contribution in [3.05, 3.63) is 29.7 Å². The van der Waals surface area contributed by atoms with Gasteiger partial charge < -0.3 is 14.4 Å². The van der Waals surface area contributed by atoms with E-state index in [2.05, 4.69) is 11.8 Å². The highest BCUT2D eigenvalue weighted by molar-refractivity contribution is 5.88. The lowest BCUT2D eigenvalue weighted by atomic mass is 9.77. The molecule has 3 rings (SSSR count). The summed E-state index contributed by atoms with van der Waals surface area (Å²) in [7, 11) is 1.75. The fourth-order valence-electron chi connectivity index (χ4n) is 4.10. The van der Waals surface area contributed by atoms with Crippen LogP contribution in [0.15, 0.2) is 28.4 Å². The first-order valence-electron chi connectivity index (χ1n) is 8.35. The van der Waals surface area contributed by atoms with Crippen molar-refractivity contribution in [2.75, 3.05) is 26.7 Å². The molecular weight excluding hydrogens is 308 g/mol. The Hall–Kier alpha value is -2.08. The van der Waals surface area contributed by atoms with E-state index >= 15 is 0 Å². The molecular formula is C18H24N2O4. The molecule has 2 fully saturated rings. The molecule has 1 unspecified atom stereocenters. The number of hydrogen-bond donors (Lipinski definition) is 1. The molecule has 1 aromatic rings. The Bertz CT molecular complexity index is 642. The number of carboxylic acids is 1. The number of hydrogen-bond acceptors (Lipinski definition) is 4. The zero-order chi connectivity index (χ0) is 17.3. The van der Waals surface area contributed by atoms with Crippen molar-refractivity contribution < 1.29 is 19.1 Å². The lowest BCUT2D eigenvalue weighted by molar-refractivity contribution is -0.146. The molecule has 6 heteroatoms. The normalized spacial score (nSPS) is 24.8. The summed E-state index contributed by atoms with van der Waals surface area (Å²) in [6.07, 6.45) is 5.22. The maximum atomic E-state index is 12.0. The second-order valence-electron chi connectivity index (χ2n) is 6.93. The van der Waals surface area contributed by atoms with Crippen LogP contribution in [0.5, 0.6) is 0 Å². The number of rotatable bonds is 4. The zero-order valence-electron chi connectivity index (χ0n) is 14.2. The summed E-state index contributed by atoms with van der Waals surface area (Å²) in [6, 6.07) is 3.79. The number of carbonyl (C=O) groups excluding carboxylic acids is 1. The summed E-state index contributed by atoms with van der Waals surface area (Å²) in [4.78, 5) is 27.6. The van der Waals surface area contributed by atoms with Gasteiger partial charge in [-0.25, -0.2) is 0 Å². The largest absolute Gasteiger partial charge is 0.481 e. The van der Waals surface area contributed by atoms with Crippen molar-refractivity contribution in [1.82, 2.24) is 9.80 Å². The van der Waals surface area contributed by atoms with E-state index in [0.717, 1.165) is 25.4 Å². The molecule has 0 aromatic carbocycles. The van der Waals surface area contributed by atoms with Gasteiger partial charge in [0.15, 0.2) is 0 Å². The summed E-state index contributed by atoms with van der Waals surface area (Å²) in [5.74, 6) is -0.648. The number of piperidine rings is 1. The van der Waals surface area contributed by atoms with E-state index in [1.165, 1.54) is 5.57 Å². The number of carboxylic acid groups (broad SMARTS) is 1. The lowest BCUT2D eigenvalue weighted by Crippen LogP contribution is -2.56. The number of carbonyl (C=O) groups is 2. The highest BCUT2D eigenvalue weighted by Gasteiger charge is 2.55. The van der Waals surface area contributed by atoms with Crippen LogP contribution in [0.2, 0.25) is 0 Å². The first-order chi connectivity index (χ1) is 11.4. The second kappa shape index (κ2) is 6.43. The van der Waals surface area contributed by atoms with Gasteiger partial charge in [-0.1, -0.05) is 5.57 Å². The van der Waals surface area contributed by atoms with Crippen LogP contribution in [0.3, 0.4) is 0 Å². The Morgan fingerprint density at radius 2 is 2.17 bits per heavy atom. The maximum Gasteiger partial charge on any atom is 0.309 e. The molecule has 0 radical (unpaired) electrons. The highest BCUT2D eigenvalue weighted by Crippen LogP contribution is 2.42. The maximum absolute atomic E-state index is 12.0. The van der Waals surface area contributed by atoms with Gasteiger partial charge in [0.2, 0.25) is 5.91 Å². The standard InChI is InChI=1S/C18H24N2O4/c1-13(10-14-4-3-9-24-14)12-20-7-5-18(6-8-20)15(17(22)23)11-16(21)19(18)2/h3-4,9-10,15H,5-8,11-12H2,1-2H3,(H,22,23). The quantitative estimate of drug-likeness (QED) is 0.914. The van der Waals surface area contributed by atoms with Crippen LogP contribution in [-0.2, 0) is 9.59 Å². The molecule has 3 heterocycles. The van der Waals surface area contributed by atoms with E-state index in [1.54, 1.807) is 18.2 Å². The third-order valence-electron chi connectivity index (χ3n) is 5.49. The lowest BCUT2D eigenvalue weighted by Gasteiger charge is -2.45. The van der Waals surface area contributed by atoms with Crippen LogP contribution in [-0.4, -0.2) is 59.0 Å². The molecule has 0 aliphatic carbocycles. The van der Waals surface area contributed by atoms with Crippen molar-refractivity contribution in [2.45, 2.75) is 31.7 Å². The van der Waals surface area contributed by atoms with Crippen LogP contribution in [0, 0.1) is 5.92 Å². The van der Waals surface area contributed by atoms with Crippen LogP contribution in [0.25, 0.3) is 6.08 Å². The van der Waals surface area contributed by atoms with Crippen LogP contribution in [0.4, 0.5) is 0 Å². The molecule has 1 aromatic heterocycles. The Morgan fingerprint density at radius 1 is 1.46 bits per heavy atom. The van der Waals surface area contributed by atoms with Gasteiger partial charge in [0.05, 0.1) is 17.7 Å². The Kier molecular flexibility index (Phi) is 4.49. The van der Waals surface area contributed by atoms with Crippen LogP contribution < -0.4 is 0 Å². The molecule has 1 N–H and O–H groups in total. The second-order valence-corrected chi connectivity index (χ2v) is 6.93. The summed E-state index contributed by atoms with van der Waals surface area (Å²) >= 11 is 0. The topological polar surface area (TPSA) is 74.0 Å². The SMILES string of the molecule is CC(=Cc1ccco1)CN1CCC2(CC1)C(C(=O)O)CC(=O)N2C. The van der Waals surface area contributed by atoms with Crippen molar-refractivity contribution in [3.8, 4) is 0 Å². The molecule has 0 saturated carbocycles. The van der Waals surface area contributed by atoms with E-state index in [-0.39, 0.29) is 12.3 Å². The molecule has 1 spiro atoms. The van der Waals surface area contributed by atoms with Gasteiger partial charge >= 0.3 is 5.97 Å². The molecule has 1 amide bonds. The number of amides is 1. The fraction of sp³-hybridized carbons (Fsp3) is 0.556. The van der Waals surface area contributed by atoms with Crippen molar-refractivity contribution in [2.24, 2.45) is 5.92 Å². The van der Waals surface area contributed by atoms with Crippen LogP contribution >= 0.6 is 0 Å². The molecule has 2 aliphatic heterocycles. The first kappa shape index (κ1) is 16.8.